The highest BCUT2D eigenvalue weighted by molar-refractivity contribution is 6.39. The predicted molar refractivity (Wildman–Crippen MR) is 136 cm³/mol. The maximum atomic E-state index is 13.1. The fraction of sp³-hybridized carbons (Fsp3) is 0.400. The minimum Gasteiger partial charge on any atom is -0.489 e. The maximum Gasteiger partial charge on any atom is 0.255 e. The Morgan fingerprint density at radius 3 is 2.54 bits per heavy atom. The van der Waals surface area contributed by atoms with Crippen LogP contribution < -0.4 is 21.0 Å². The molecule has 180 valence electrons. The Bertz CT molecular complexity index is 1160. The average Bonchev–Trinajstić information content (AvgIpc) is 3.16. The van der Waals surface area contributed by atoms with E-state index in [1.165, 1.54) is 16.5 Å². The SMILES string of the molecule is Bc1cc(CN2CCOCC2)cc(B)c1COc1cccc2c1CN(C1CCC(=O)NC1=O)C2=O. The Kier molecular flexibility index (Phi) is 6.67. The van der Waals surface area contributed by atoms with E-state index in [0.717, 1.165) is 44.0 Å². The number of fused-ring (bicyclic) bond motifs is 1. The molecular weight excluding hydrogens is 444 g/mol. The Morgan fingerprint density at radius 1 is 1.09 bits per heavy atom. The van der Waals surface area contributed by atoms with Gasteiger partial charge in [-0.1, -0.05) is 29.1 Å². The molecule has 3 heterocycles. The fourth-order valence-corrected chi connectivity index (χ4v) is 5.26. The van der Waals surface area contributed by atoms with Crippen LogP contribution in [0.15, 0.2) is 30.3 Å². The summed E-state index contributed by atoms with van der Waals surface area (Å²) in [6, 6.07) is 9.27. The molecule has 1 N–H and O–H groups in total. The van der Waals surface area contributed by atoms with Gasteiger partial charge in [0.1, 0.15) is 34.1 Å². The first kappa shape index (κ1) is 23.6. The van der Waals surface area contributed by atoms with E-state index in [1.807, 2.05) is 12.1 Å². The lowest BCUT2D eigenvalue weighted by Gasteiger charge is -2.29. The van der Waals surface area contributed by atoms with Crippen LogP contribution in [0.5, 0.6) is 5.75 Å². The summed E-state index contributed by atoms with van der Waals surface area (Å²) in [5, 5.41) is 2.35. The standard InChI is InChI=1S/C25H29B2N3O5/c26-19-10-15(12-29-6-8-34-9-7-29)11-20(27)18(19)14-35-22-3-1-2-16-17(22)13-30(25(16)33)21-4-5-23(31)28-24(21)32/h1-3,10-11,21H,4-9,12-14,26-27H2,(H,28,31,32). The van der Waals surface area contributed by atoms with Crippen molar-refractivity contribution in [2.45, 2.75) is 38.6 Å². The van der Waals surface area contributed by atoms with E-state index in [4.69, 9.17) is 9.47 Å². The summed E-state index contributed by atoms with van der Waals surface area (Å²) < 4.78 is 11.7. The number of rotatable bonds is 6. The molecule has 2 aromatic carbocycles. The van der Waals surface area contributed by atoms with Gasteiger partial charge >= 0.3 is 0 Å². The third kappa shape index (κ3) is 4.86. The van der Waals surface area contributed by atoms with Crippen molar-refractivity contribution in [2.75, 3.05) is 26.3 Å². The van der Waals surface area contributed by atoms with Gasteiger partial charge < -0.3 is 14.4 Å². The van der Waals surface area contributed by atoms with Gasteiger partial charge in [-0.3, -0.25) is 24.6 Å². The van der Waals surface area contributed by atoms with E-state index < -0.39 is 11.9 Å². The first-order valence-corrected chi connectivity index (χ1v) is 12.2. The lowest BCUT2D eigenvalue weighted by molar-refractivity contribution is -0.136. The molecule has 0 aliphatic carbocycles. The molecule has 0 bridgehead atoms. The van der Waals surface area contributed by atoms with Crippen LogP contribution in [0.3, 0.4) is 0 Å². The molecule has 0 aromatic heterocycles. The molecule has 35 heavy (non-hydrogen) atoms. The van der Waals surface area contributed by atoms with Crippen LogP contribution in [0.25, 0.3) is 0 Å². The van der Waals surface area contributed by atoms with Gasteiger partial charge in [-0.15, -0.1) is 0 Å². The highest BCUT2D eigenvalue weighted by atomic mass is 16.5. The Labute approximate surface area is 206 Å². The molecule has 0 radical (unpaired) electrons. The molecule has 3 aliphatic heterocycles. The number of hydrogen-bond donors (Lipinski definition) is 1. The second-order valence-electron chi connectivity index (χ2n) is 9.57. The zero-order valence-electron chi connectivity index (χ0n) is 20.3. The van der Waals surface area contributed by atoms with E-state index in [-0.39, 0.29) is 18.2 Å². The summed E-state index contributed by atoms with van der Waals surface area (Å²) in [5.74, 6) is -0.240. The third-order valence-corrected chi connectivity index (χ3v) is 7.18. The maximum absolute atomic E-state index is 13.1. The Balaban J connectivity index is 1.29. The van der Waals surface area contributed by atoms with Crippen LogP contribution in [0.4, 0.5) is 0 Å². The molecular formula is C25H29B2N3O5. The molecule has 1 unspecified atom stereocenters. The van der Waals surface area contributed by atoms with Crippen molar-refractivity contribution in [3.05, 3.63) is 52.6 Å². The quantitative estimate of drug-likeness (QED) is 0.401. The molecule has 2 saturated heterocycles. The van der Waals surface area contributed by atoms with Crippen molar-refractivity contribution in [2.24, 2.45) is 0 Å². The number of carbonyl (C=O) groups is 3. The van der Waals surface area contributed by atoms with E-state index in [1.54, 1.807) is 11.0 Å². The minimum absolute atomic E-state index is 0.195. The molecule has 3 amide bonds. The van der Waals surface area contributed by atoms with Gasteiger partial charge in [-0.05, 0) is 29.7 Å². The van der Waals surface area contributed by atoms with Crippen LogP contribution in [0.2, 0.25) is 0 Å². The molecule has 0 spiro atoms. The summed E-state index contributed by atoms with van der Waals surface area (Å²) in [4.78, 5) is 40.9. The summed E-state index contributed by atoms with van der Waals surface area (Å²) >= 11 is 0. The molecule has 8 nitrogen and oxygen atoms in total. The smallest absolute Gasteiger partial charge is 0.255 e. The number of piperidine rings is 1. The number of morpholine rings is 1. The zero-order chi connectivity index (χ0) is 24.5. The van der Waals surface area contributed by atoms with Gasteiger partial charge in [0.25, 0.3) is 5.91 Å². The van der Waals surface area contributed by atoms with Crippen molar-refractivity contribution in [3.8, 4) is 5.75 Å². The molecule has 2 aromatic rings. The third-order valence-electron chi connectivity index (χ3n) is 7.18. The van der Waals surface area contributed by atoms with E-state index in [9.17, 15) is 14.4 Å². The van der Waals surface area contributed by atoms with Crippen molar-refractivity contribution in [3.63, 3.8) is 0 Å². The van der Waals surface area contributed by atoms with Crippen molar-refractivity contribution >= 4 is 44.3 Å². The van der Waals surface area contributed by atoms with Gasteiger partial charge in [0.15, 0.2) is 0 Å². The largest absolute Gasteiger partial charge is 0.489 e. The monoisotopic (exact) mass is 473 g/mol. The van der Waals surface area contributed by atoms with Crippen LogP contribution in [0.1, 0.15) is 39.9 Å². The van der Waals surface area contributed by atoms with E-state index >= 15 is 0 Å². The molecule has 3 aliphatic rings. The number of imide groups is 1. The lowest BCUT2D eigenvalue weighted by atomic mass is 9.79. The van der Waals surface area contributed by atoms with Crippen molar-refractivity contribution in [1.29, 1.82) is 0 Å². The van der Waals surface area contributed by atoms with Gasteiger partial charge in [0.2, 0.25) is 11.8 Å². The number of nitrogens with one attached hydrogen (secondary N) is 1. The second-order valence-corrected chi connectivity index (χ2v) is 9.57. The van der Waals surface area contributed by atoms with Gasteiger partial charge in [0, 0.05) is 37.2 Å². The summed E-state index contributed by atoms with van der Waals surface area (Å²) in [7, 11) is 4.22. The highest BCUT2D eigenvalue weighted by Crippen LogP contribution is 2.33. The summed E-state index contributed by atoms with van der Waals surface area (Å²) in [5.41, 5.74) is 6.14. The Morgan fingerprint density at radius 2 is 1.83 bits per heavy atom. The number of hydrogen-bond acceptors (Lipinski definition) is 6. The number of ether oxygens (including phenoxy) is 2. The van der Waals surface area contributed by atoms with Crippen LogP contribution in [0, 0.1) is 0 Å². The van der Waals surface area contributed by atoms with Crippen LogP contribution >= 0.6 is 0 Å². The number of nitrogens with zero attached hydrogens (tertiary/aromatic N) is 2. The van der Waals surface area contributed by atoms with Crippen LogP contribution in [-0.2, 0) is 34.0 Å². The number of amides is 3. The first-order chi connectivity index (χ1) is 16.9. The van der Waals surface area contributed by atoms with Gasteiger partial charge in [-0.2, -0.15) is 0 Å². The van der Waals surface area contributed by atoms with Crippen molar-refractivity contribution in [1.82, 2.24) is 15.1 Å². The topological polar surface area (TPSA) is 88.2 Å². The summed E-state index contributed by atoms with van der Waals surface area (Å²) in [6.45, 7) is 5.10. The zero-order valence-corrected chi connectivity index (χ0v) is 20.3. The van der Waals surface area contributed by atoms with Gasteiger partial charge in [0.05, 0.1) is 19.8 Å². The molecule has 5 rings (SSSR count). The number of benzene rings is 2. The normalized spacial score (nSPS) is 20.6. The fourth-order valence-electron chi connectivity index (χ4n) is 5.26. The predicted octanol–water partition coefficient (Wildman–Crippen LogP) is -1.62. The number of carbonyl (C=O) groups excluding carboxylic acids is 3. The minimum atomic E-state index is -0.635. The lowest BCUT2D eigenvalue weighted by Crippen LogP contribution is -2.52. The Hall–Kier alpha value is -3.10. The van der Waals surface area contributed by atoms with Crippen LogP contribution in [-0.4, -0.2) is 75.6 Å². The van der Waals surface area contributed by atoms with E-state index in [2.05, 4.69) is 38.0 Å². The first-order valence-electron chi connectivity index (χ1n) is 12.2. The molecule has 0 saturated carbocycles. The van der Waals surface area contributed by atoms with Gasteiger partial charge in [-0.25, -0.2) is 0 Å². The van der Waals surface area contributed by atoms with Crippen molar-refractivity contribution < 1.29 is 23.9 Å². The van der Waals surface area contributed by atoms with E-state index in [0.29, 0.717) is 30.9 Å². The molecule has 2 fully saturated rings. The second kappa shape index (κ2) is 9.87. The molecule has 10 heteroatoms. The molecule has 1 atom stereocenters. The summed E-state index contributed by atoms with van der Waals surface area (Å²) in [6.07, 6.45) is 0.579. The average molecular weight is 473 g/mol. The highest BCUT2D eigenvalue weighted by Gasteiger charge is 2.40.